The predicted octanol–water partition coefficient (Wildman–Crippen LogP) is 6.07. The maximum absolute atomic E-state index is 11.2. The highest BCUT2D eigenvalue weighted by Crippen LogP contribution is 2.33. The zero-order valence-electron chi connectivity index (χ0n) is 17.8. The Labute approximate surface area is 164 Å². The van der Waals surface area contributed by atoms with Crippen LogP contribution in [0.3, 0.4) is 0 Å². The van der Waals surface area contributed by atoms with E-state index in [1.54, 1.807) is 26.0 Å². The van der Waals surface area contributed by atoms with Crippen molar-refractivity contribution in [2.24, 2.45) is 10.8 Å². The van der Waals surface area contributed by atoms with Gasteiger partial charge in [-0.2, -0.15) is 0 Å². The summed E-state index contributed by atoms with van der Waals surface area (Å²) in [5.41, 5.74) is 1.34. The van der Waals surface area contributed by atoms with Gasteiger partial charge < -0.3 is 15.3 Å². The van der Waals surface area contributed by atoms with E-state index in [0.717, 1.165) is 56.1 Å². The van der Waals surface area contributed by atoms with Gasteiger partial charge in [-0.05, 0) is 69.9 Å². The Morgan fingerprint density at radius 2 is 1.22 bits per heavy atom. The lowest BCUT2D eigenvalue weighted by Crippen LogP contribution is -2.23. The van der Waals surface area contributed by atoms with Crippen LogP contribution in [0.5, 0.6) is 11.5 Å². The van der Waals surface area contributed by atoms with Gasteiger partial charge in [0.2, 0.25) is 0 Å². The topological polar surface area (TPSA) is 77.8 Å². The molecule has 0 atom stereocenters. The molecule has 0 bridgehead atoms. The lowest BCUT2D eigenvalue weighted by Gasteiger charge is -2.19. The lowest BCUT2D eigenvalue weighted by atomic mass is 9.86. The van der Waals surface area contributed by atoms with Gasteiger partial charge in [0, 0.05) is 11.1 Å². The van der Waals surface area contributed by atoms with Gasteiger partial charge in [0.1, 0.15) is 11.5 Å². The van der Waals surface area contributed by atoms with Crippen molar-refractivity contribution in [3.05, 3.63) is 23.3 Å². The summed E-state index contributed by atoms with van der Waals surface area (Å²) in [5.74, 6) is -0.235. The minimum absolute atomic E-state index is 0.254. The van der Waals surface area contributed by atoms with E-state index in [-0.39, 0.29) is 11.5 Å². The summed E-state index contributed by atoms with van der Waals surface area (Å²) in [7, 11) is 0. The minimum atomic E-state index is -0.759. The van der Waals surface area contributed by atoms with Gasteiger partial charge in [-0.25, -0.2) is 0 Å². The molecule has 0 aliphatic rings. The lowest BCUT2D eigenvalue weighted by molar-refractivity contribution is -0.147. The first kappa shape index (κ1) is 23.3. The van der Waals surface area contributed by atoms with Gasteiger partial charge in [-0.15, -0.1) is 0 Å². The second-order valence-corrected chi connectivity index (χ2v) is 9.58. The summed E-state index contributed by atoms with van der Waals surface area (Å²) < 4.78 is 0. The van der Waals surface area contributed by atoms with Crippen molar-refractivity contribution < 1.29 is 20.1 Å². The van der Waals surface area contributed by atoms with Crippen LogP contribution in [0.4, 0.5) is 0 Å². The van der Waals surface area contributed by atoms with Gasteiger partial charge in [0.25, 0.3) is 0 Å². The molecule has 0 aromatic heterocycles. The van der Waals surface area contributed by atoms with E-state index in [0.29, 0.717) is 18.3 Å². The third-order valence-corrected chi connectivity index (χ3v) is 5.29. The number of aromatic hydroxyl groups is 2. The molecule has 1 aromatic rings. The van der Waals surface area contributed by atoms with E-state index in [4.69, 9.17) is 0 Å². The fourth-order valence-corrected chi connectivity index (χ4v) is 3.34. The number of benzene rings is 1. The molecule has 0 saturated carbocycles. The molecule has 154 valence electrons. The van der Waals surface area contributed by atoms with Crippen LogP contribution in [-0.4, -0.2) is 21.3 Å². The summed E-state index contributed by atoms with van der Waals surface area (Å²) in [6, 6.07) is 3.14. The third-order valence-electron chi connectivity index (χ3n) is 5.29. The SMILES string of the molecule is CC(C)(C)CCCCc1c(O)ccc(O)c1CCCCCC(C)(C)C(=O)O. The molecule has 0 saturated heterocycles. The van der Waals surface area contributed by atoms with Crippen LogP contribution in [0.15, 0.2) is 12.1 Å². The smallest absolute Gasteiger partial charge is 0.309 e. The maximum Gasteiger partial charge on any atom is 0.309 e. The summed E-state index contributed by atoms with van der Waals surface area (Å²) in [6.45, 7) is 10.2. The van der Waals surface area contributed by atoms with Crippen molar-refractivity contribution in [1.29, 1.82) is 0 Å². The molecule has 0 aliphatic carbocycles. The van der Waals surface area contributed by atoms with Crippen LogP contribution in [-0.2, 0) is 17.6 Å². The third kappa shape index (κ3) is 8.23. The summed E-state index contributed by atoms with van der Waals surface area (Å²) >= 11 is 0. The van der Waals surface area contributed by atoms with Crippen LogP contribution >= 0.6 is 0 Å². The molecule has 4 nitrogen and oxygen atoms in total. The normalized spacial score (nSPS) is 12.3. The van der Waals surface area contributed by atoms with Gasteiger partial charge >= 0.3 is 5.97 Å². The van der Waals surface area contributed by atoms with Gasteiger partial charge in [-0.3, -0.25) is 4.79 Å². The molecule has 0 fully saturated rings. The van der Waals surface area contributed by atoms with Crippen LogP contribution in [0.25, 0.3) is 0 Å². The zero-order chi connectivity index (χ0) is 20.7. The van der Waals surface area contributed by atoms with Gasteiger partial charge in [0.05, 0.1) is 5.41 Å². The molecule has 0 heterocycles. The molecule has 1 aromatic carbocycles. The molecule has 0 amide bonds. The van der Waals surface area contributed by atoms with Gasteiger partial charge in [0.15, 0.2) is 0 Å². The molecule has 27 heavy (non-hydrogen) atoms. The Morgan fingerprint density at radius 3 is 1.67 bits per heavy atom. The second kappa shape index (κ2) is 10.0. The number of hydrogen-bond acceptors (Lipinski definition) is 3. The molecular formula is C23H38O4. The highest BCUT2D eigenvalue weighted by Gasteiger charge is 2.26. The first-order valence-electron chi connectivity index (χ1n) is 10.2. The van der Waals surface area contributed by atoms with Gasteiger partial charge in [-0.1, -0.05) is 40.0 Å². The first-order chi connectivity index (χ1) is 12.4. The van der Waals surface area contributed by atoms with E-state index < -0.39 is 11.4 Å². The standard InChI is InChI=1S/C23H38O4/c1-22(2,3)15-10-8-12-18-17(19(24)13-14-20(18)25)11-7-6-9-16-23(4,5)21(26)27/h13-14,24-25H,6-12,15-16H2,1-5H3,(H,26,27). The van der Waals surface area contributed by atoms with Crippen molar-refractivity contribution >= 4 is 5.97 Å². The summed E-state index contributed by atoms with van der Waals surface area (Å²) in [4.78, 5) is 11.2. The zero-order valence-corrected chi connectivity index (χ0v) is 17.8. The van der Waals surface area contributed by atoms with E-state index in [2.05, 4.69) is 20.8 Å². The molecule has 1 rings (SSSR count). The van der Waals surface area contributed by atoms with E-state index in [1.165, 1.54) is 0 Å². The summed E-state index contributed by atoms with van der Waals surface area (Å²) in [5, 5.41) is 29.7. The van der Waals surface area contributed by atoms with Crippen LogP contribution in [0.1, 0.15) is 90.7 Å². The average Bonchev–Trinajstić information content (AvgIpc) is 2.54. The number of rotatable bonds is 11. The molecule has 0 aliphatic heterocycles. The Bertz CT molecular complexity index is 612. The number of unbranched alkanes of at least 4 members (excludes halogenated alkanes) is 3. The minimum Gasteiger partial charge on any atom is -0.508 e. The monoisotopic (exact) mass is 378 g/mol. The van der Waals surface area contributed by atoms with Crippen LogP contribution in [0, 0.1) is 10.8 Å². The second-order valence-electron chi connectivity index (χ2n) is 9.58. The molecule has 0 spiro atoms. The van der Waals surface area contributed by atoms with Crippen molar-refractivity contribution in [2.75, 3.05) is 0 Å². The van der Waals surface area contributed by atoms with E-state index >= 15 is 0 Å². The fourth-order valence-electron chi connectivity index (χ4n) is 3.34. The highest BCUT2D eigenvalue weighted by molar-refractivity contribution is 5.73. The van der Waals surface area contributed by atoms with E-state index in [9.17, 15) is 20.1 Å². The molecular weight excluding hydrogens is 340 g/mol. The summed E-state index contributed by atoms with van der Waals surface area (Å²) in [6.07, 6.45) is 8.00. The molecule has 4 heteroatoms. The van der Waals surface area contributed by atoms with Crippen molar-refractivity contribution in [3.63, 3.8) is 0 Å². The number of hydrogen-bond donors (Lipinski definition) is 3. The maximum atomic E-state index is 11.2. The quantitative estimate of drug-likeness (QED) is 0.322. The number of phenolic OH excluding ortho intramolecular Hbond substituents is 2. The number of aliphatic carboxylic acids is 1. The van der Waals surface area contributed by atoms with Crippen LogP contribution in [0.2, 0.25) is 0 Å². The number of carboxylic acids is 1. The molecule has 3 N–H and O–H groups in total. The predicted molar refractivity (Wildman–Crippen MR) is 110 cm³/mol. The number of carboxylic acid groups (broad SMARTS) is 1. The average molecular weight is 379 g/mol. The largest absolute Gasteiger partial charge is 0.508 e. The first-order valence-corrected chi connectivity index (χ1v) is 10.2. The molecule has 0 radical (unpaired) electrons. The van der Waals surface area contributed by atoms with E-state index in [1.807, 2.05) is 0 Å². The van der Waals surface area contributed by atoms with Crippen molar-refractivity contribution in [3.8, 4) is 11.5 Å². The van der Waals surface area contributed by atoms with Crippen LogP contribution < -0.4 is 0 Å². The van der Waals surface area contributed by atoms with Crippen molar-refractivity contribution in [2.45, 2.75) is 92.4 Å². The fraction of sp³-hybridized carbons (Fsp3) is 0.696. The Hall–Kier alpha value is -1.71. The Morgan fingerprint density at radius 1 is 0.778 bits per heavy atom. The highest BCUT2D eigenvalue weighted by atomic mass is 16.4. The van der Waals surface area contributed by atoms with Crippen molar-refractivity contribution in [1.82, 2.24) is 0 Å². The molecule has 0 unspecified atom stereocenters. The number of phenols is 2. The Kier molecular flexibility index (Phi) is 8.64. The number of carbonyl (C=O) groups is 1. The Balaban J connectivity index is 2.59.